The van der Waals surface area contributed by atoms with Gasteiger partial charge in [0.05, 0.1) is 30.5 Å². The molecule has 1 N–H and O–H groups in total. The zero-order valence-corrected chi connectivity index (χ0v) is 21.3. The van der Waals surface area contributed by atoms with Crippen LogP contribution in [0.25, 0.3) is 0 Å². The van der Waals surface area contributed by atoms with Crippen molar-refractivity contribution >= 4 is 5.91 Å². The summed E-state index contributed by atoms with van der Waals surface area (Å²) in [6.45, 7) is 4.03. The number of nitrogens with zero attached hydrogens (tertiary/aromatic N) is 2. The van der Waals surface area contributed by atoms with E-state index in [1.54, 1.807) is 12.3 Å². The molecule has 2 unspecified atom stereocenters. The number of alkyl halides is 3. The molecule has 1 aromatic heterocycles. The average Bonchev–Trinajstić information content (AvgIpc) is 3.62. The smallest absolute Gasteiger partial charge is 0.416 e. The van der Waals surface area contributed by atoms with Crippen LogP contribution in [0.15, 0.2) is 34.9 Å². The first-order valence-electron chi connectivity index (χ1n) is 13.6. The Morgan fingerprint density at radius 3 is 2.71 bits per heavy atom. The van der Waals surface area contributed by atoms with E-state index in [4.69, 9.17) is 13.9 Å². The highest BCUT2D eigenvalue weighted by Gasteiger charge is 2.41. The summed E-state index contributed by atoms with van der Waals surface area (Å²) in [6.07, 6.45) is 1.40. The fraction of sp³-hybridized carbons (Fsp3) is 0.607. The van der Waals surface area contributed by atoms with Crippen LogP contribution in [0.3, 0.4) is 0 Å². The Balaban J connectivity index is 1.10. The predicted molar refractivity (Wildman–Crippen MR) is 132 cm³/mol. The third-order valence-electron chi connectivity index (χ3n) is 8.43. The third kappa shape index (κ3) is 5.50. The molecule has 6 rings (SSSR count). The molecule has 0 spiro atoms. The van der Waals surface area contributed by atoms with Crippen LogP contribution in [0.1, 0.15) is 53.4 Å². The number of carbonyl (C=O) groups is 1. The van der Waals surface area contributed by atoms with Crippen molar-refractivity contribution in [3.8, 4) is 0 Å². The lowest BCUT2D eigenvalue weighted by Gasteiger charge is -2.31. The Morgan fingerprint density at radius 1 is 1.05 bits per heavy atom. The van der Waals surface area contributed by atoms with Crippen LogP contribution in [-0.2, 0) is 39.8 Å². The Morgan fingerprint density at radius 2 is 1.89 bits per heavy atom. The number of ether oxygens (including phenoxy) is 2. The normalized spacial score (nSPS) is 26.9. The van der Waals surface area contributed by atoms with E-state index in [9.17, 15) is 18.0 Å². The fourth-order valence-electron chi connectivity index (χ4n) is 6.41. The maximum Gasteiger partial charge on any atom is 0.416 e. The lowest BCUT2D eigenvalue weighted by Crippen LogP contribution is -2.48. The number of carbonyl (C=O) groups excluding carboxylic acids is 1. The first-order valence-corrected chi connectivity index (χ1v) is 13.6. The predicted octanol–water partition coefficient (Wildman–Crippen LogP) is 3.71. The number of likely N-dealkylation sites (tertiary alicyclic amines) is 1. The molecule has 3 aliphatic heterocycles. The maximum absolute atomic E-state index is 13.2. The molecule has 0 bridgehead atoms. The summed E-state index contributed by atoms with van der Waals surface area (Å²) < 4.78 is 57.4. The van der Waals surface area contributed by atoms with Gasteiger partial charge in [0.2, 0.25) is 5.91 Å². The summed E-state index contributed by atoms with van der Waals surface area (Å²) in [5.74, 6) is 0.766. The standard InChI is InChI=1S/C28H34F3N3O4/c29-28(30,31)21-3-1-18-5-9-33(14-20(18)13-21)17-26(35)32-23-15-34(22-7-10-36-11-8-22)16-25(23)38-24-4-2-19-6-12-37-27(19)24/h1,3,6,12-13,22-25H,2,4-5,7-11,14-17H2,(H,32,35)/t23?,24?,25-/m0/s1. The summed E-state index contributed by atoms with van der Waals surface area (Å²) in [4.78, 5) is 17.5. The highest BCUT2D eigenvalue weighted by molar-refractivity contribution is 5.78. The molecule has 206 valence electrons. The molecule has 2 fully saturated rings. The van der Waals surface area contributed by atoms with E-state index >= 15 is 0 Å². The Bertz CT molecular complexity index is 1150. The average molecular weight is 534 g/mol. The van der Waals surface area contributed by atoms with E-state index < -0.39 is 11.7 Å². The van der Waals surface area contributed by atoms with Gasteiger partial charge in [0.25, 0.3) is 0 Å². The molecule has 0 radical (unpaired) electrons. The number of halogens is 3. The second-order valence-electron chi connectivity index (χ2n) is 10.9. The van der Waals surface area contributed by atoms with E-state index in [-0.39, 0.29) is 30.7 Å². The minimum absolute atomic E-state index is 0.111. The van der Waals surface area contributed by atoms with E-state index in [2.05, 4.69) is 10.2 Å². The van der Waals surface area contributed by atoms with Crippen LogP contribution < -0.4 is 5.32 Å². The highest BCUT2D eigenvalue weighted by Crippen LogP contribution is 2.37. The summed E-state index contributed by atoms with van der Waals surface area (Å²) in [5, 5.41) is 3.21. The molecule has 4 aliphatic rings. The largest absolute Gasteiger partial charge is 0.466 e. The van der Waals surface area contributed by atoms with Crippen LogP contribution in [0.4, 0.5) is 13.2 Å². The van der Waals surface area contributed by atoms with E-state index in [1.165, 1.54) is 11.6 Å². The lowest BCUT2D eigenvalue weighted by molar-refractivity contribution is -0.137. The molecular weight excluding hydrogens is 499 g/mol. The van der Waals surface area contributed by atoms with Gasteiger partial charge in [-0.1, -0.05) is 6.07 Å². The van der Waals surface area contributed by atoms with Crippen molar-refractivity contribution < 1.29 is 31.9 Å². The van der Waals surface area contributed by atoms with Crippen LogP contribution in [-0.4, -0.2) is 73.3 Å². The molecule has 4 heterocycles. The summed E-state index contributed by atoms with van der Waals surface area (Å²) in [6, 6.07) is 6.15. The zero-order valence-electron chi connectivity index (χ0n) is 21.3. The summed E-state index contributed by atoms with van der Waals surface area (Å²) in [7, 11) is 0. The Kier molecular flexibility index (Phi) is 7.24. The Hall–Kier alpha value is -2.40. The number of hydrogen-bond acceptors (Lipinski definition) is 6. The van der Waals surface area contributed by atoms with Crippen molar-refractivity contribution in [3.63, 3.8) is 0 Å². The number of amides is 1. The molecule has 7 nitrogen and oxygen atoms in total. The minimum atomic E-state index is -4.38. The van der Waals surface area contributed by atoms with Gasteiger partial charge in [0.15, 0.2) is 0 Å². The van der Waals surface area contributed by atoms with Crippen molar-refractivity contribution in [3.05, 3.63) is 58.5 Å². The van der Waals surface area contributed by atoms with Gasteiger partial charge < -0.3 is 19.2 Å². The molecule has 0 saturated carbocycles. The van der Waals surface area contributed by atoms with Crippen LogP contribution >= 0.6 is 0 Å². The van der Waals surface area contributed by atoms with Crippen molar-refractivity contribution in [2.75, 3.05) is 39.4 Å². The van der Waals surface area contributed by atoms with Gasteiger partial charge in [-0.15, -0.1) is 0 Å². The summed E-state index contributed by atoms with van der Waals surface area (Å²) >= 11 is 0. The second kappa shape index (κ2) is 10.6. The van der Waals surface area contributed by atoms with E-state index in [0.717, 1.165) is 62.8 Å². The van der Waals surface area contributed by atoms with E-state index in [0.29, 0.717) is 37.7 Å². The van der Waals surface area contributed by atoms with Crippen molar-refractivity contribution in [2.45, 2.75) is 69.1 Å². The molecule has 10 heteroatoms. The molecule has 38 heavy (non-hydrogen) atoms. The van der Waals surface area contributed by atoms with Crippen LogP contribution in [0, 0.1) is 0 Å². The lowest BCUT2D eigenvalue weighted by atomic mass is 9.97. The molecule has 2 aromatic rings. The van der Waals surface area contributed by atoms with Crippen LogP contribution in [0.2, 0.25) is 0 Å². The fourth-order valence-corrected chi connectivity index (χ4v) is 6.41. The van der Waals surface area contributed by atoms with Gasteiger partial charge in [-0.3, -0.25) is 14.6 Å². The first kappa shape index (κ1) is 25.9. The van der Waals surface area contributed by atoms with Crippen LogP contribution in [0.5, 0.6) is 0 Å². The van der Waals surface area contributed by atoms with Gasteiger partial charge in [-0.2, -0.15) is 13.2 Å². The molecule has 2 saturated heterocycles. The van der Waals surface area contributed by atoms with Gasteiger partial charge in [-0.25, -0.2) is 0 Å². The molecule has 1 aromatic carbocycles. The minimum Gasteiger partial charge on any atom is -0.466 e. The quantitative estimate of drug-likeness (QED) is 0.611. The number of benzene rings is 1. The zero-order chi connectivity index (χ0) is 26.3. The van der Waals surface area contributed by atoms with Crippen molar-refractivity contribution in [1.82, 2.24) is 15.1 Å². The number of nitrogens with one attached hydrogen (secondary N) is 1. The van der Waals surface area contributed by atoms with Gasteiger partial charge in [0.1, 0.15) is 11.9 Å². The second-order valence-corrected chi connectivity index (χ2v) is 10.9. The monoisotopic (exact) mass is 533 g/mol. The molecule has 1 aliphatic carbocycles. The number of hydrogen-bond donors (Lipinski definition) is 1. The van der Waals surface area contributed by atoms with Gasteiger partial charge >= 0.3 is 6.18 Å². The number of aryl methyl sites for hydroxylation is 1. The van der Waals surface area contributed by atoms with E-state index in [1.807, 2.05) is 11.0 Å². The maximum atomic E-state index is 13.2. The van der Waals surface area contributed by atoms with Crippen molar-refractivity contribution in [1.29, 1.82) is 0 Å². The molecular formula is C28H34F3N3O4. The highest BCUT2D eigenvalue weighted by atomic mass is 19.4. The summed E-state index contributed by atoms with van der Waals surface area (Å²) in [5.41, 5.74) is 2.10. The topological polar surface area (TPSA) is 67.2 Å². The Labute approximate surface area is 220 Å². The number of rotatable bonds is 6. The third-order valence-corrected chi connectivity index (χ3v) is 8.43. The van der Waals surface area contributed by atoms with Gasteiger partial charge in [0, 0.05) is 45.4 Å². The first-order chi connectivity index (χ1) is 18.3. The molecule has 3 atom stereocenters. The van der Waals surface area contributed by atoms with Gasteiger partial charge in [-0.05, 0) is 67.0 Å². The number of fused-ring (bicyclic) bond motifs is 2. The SMILES string of the molecule is O=C(CN1CCc2ccc(C(F)(F)F)cc2C1)NC1CN(C2CCOCC2)C[C@@H]1OC1CCc2ccoc21. The molecule has 1 amide bonds. The van der Waals surface area contributed by atoms with Crippen molar-refractivity contribution in [2.24, 2.45) is 0 Å². The number of furan rings is 1.